The number of ether oxygens (including phenoxy) is 1. The van der Waals surface area contributed by atoms with Crippen molar-refractivity contribution in [2.24, 2.45) is 5.41 Å². The van der Waals surface area contributed by atoms with E-state index in [-0.39, 0.29) is 11.7 Å². The number of anilines is 1. The zero-order valence-corrected chi connectivity index (χ0v) is 16.8. The molecule has 6 nitrogen and oxygen atoms in total. The average Bonchev–Trinajstić information content (AvgIpc) is 2.67. The number of amides is 1. The van der Waals surface area contributed by atoms with Gasteiger partial charge in [-0.15, -0.1) is 0 Å². The Labute approximate surface area is 168 Å². The Bertz CT molecular complexity index is 1110. The summed E-state index contributed by atoms with van der Waals surface area (Å²) in [5.41, 5.74) is 0.541. The smallest absolute Gasteiger partial charge is 0.336 e. The third kappa shape index (κ3) is 4.90. The van der Waals surface area contributed by atoms with Gasteiger partial charge in [0.05, 0.1) is 0 Å². The SMILES string of the molecule is CC(Oc1ccc2ccc(=O)oc2c1)C(=O)c1ccc(NC(=O)C(C)(C)C)cc1. The summed E-state index contributed by atoms with van der Waals surface area (Å²) in [4.78, 5) is 36.1. The lowest BCUT2D eigenvalue weighted by Crippen LogP contribution is -2.27. The molecule has 0 radical (unpaired) electrons. The highest BCUT2D eigenvalue weighted by molar-refractivity contribution is 6.00. The molecule has 29 heavy (non-hydrogen) atoms. The Morgan fingerprint density at radius 3 is 2.31 bits per heavy atom. The lowest BCUT2D eigenvalue weighted by molar-refractivity contribution is -0.123. The molecule has 1 amide bonds. The standard InChI is InChI=1S/C23H23NO5/c1-14(28-18-11-7-15-8-12-20(25)29-19(15)13-18)21(26)16-5-9-17(10-6-16)24-22(27)23(2,3)4/h5-14H,1-4H3,(H,24,27). The number of hydrogen-bond acceptors (Lipinski definition) is 5. The first kappa shape index (κ1) is 20.3. The van der Waals surface area contributed by atoms with E-state index in [9.17, 15) is 14.4 Å². The zero-order chi connectivity index (χ0) is 21.2. The van der Waals surface area contributed by atoms with Crippen molar-refractivity contribution < 1.29 is 18.7 Å². The molecule has 0 aliphatic heterocycles. The summed E-state index contributed by atoms with van der Waals surface area (Å²) < 4.78 is 10.9. The topological polar surface area (TPSA) is 85.6 Å². The number of hydrogen-bond donors (Lipinski definition) is 1. The maximum Gasteiger partial charge on any atom is 0.336 e. The summed E-state index contributed by atoms with van der Waals surface area (Å²) in [5, 5.41) is 3.59. The van der Waals surface area contributed by atoms with E-state index in [0.29, 0.717) is 22.6 Å². The highest BCUT2D eigenvalue weighted by Gasteiger charge is 2.22. The molecule has 1 heterocycles. The fourth-order valence-electron chi connectivity index (χ4n) is 2.64. The number of rotatable bonds is 5. The Balaban J connectivity index is 1.70. The number of benzene rings is 2. The van der Waals surface area contributed by atoms with E-state index in [4.69, 9.17) is 9.15 Å². The zero-order valence-electron chi connectivity index (χ0n) is 16.8. The van der Waals surface area contributed by atoms with Crippen molar-refractivity contribution >= 4 is 28.3 Å². The van der Waals surface area contributed by atoms with Crippen molar-refractivity contribution in [2.75, 3.05) is 5.32 Å². The maximum atomic E-state index is 12.7. The van der Waals surface area contributed by atoms with Gasteiger partial charge in [-0.3, -0.25) is 9.59 Å². The average molecular weight is 393 g/mol. The molecule has 0 saturated carbocycles. The van der Waals surface area contributed by atoms with Crippen LogP contribution in [0, 0.1) is 5.41 Å². The quantitative estimate of drug-likeness (QED) is 0.512. The van der Waals surface area contributed by atoms with Gasteiger partial charge in [0, 0.05) is 34.2 Å². The second-order valence-electron chi connectivity index (χ2n) is 7.86. The molecule has 0 spiro atoms. The van der Waals surface area contributed by atoms with Crippen LogP contribution in [-0.4, -0.2) is 17.8 Å². The number of carbonyl (C=O) groups is 2. The van der Waals surface area contributed by atoms with Gasteiger partial charge < -0.3 is 14.5 Å². The second kappa shape index (κ2) is 7.91. The van der Waals surface area contributed by atoms with Gasteiger partial charge in [-0.25, -0.2) is 4.79 Å². The van der Waals surface area contributed by atoms with E-state index in [1.807, 2.05) is 20.8 Å². The summed E-state index contributed by atoms with van der Waals surface area (Å²) >= 11 is 0. The Kier molecular flexibility index (Phi) is 5.55. The second-order valence-corrected chi connectivity index (χ2v) is 7.86. The lowest BCUT2D eigenvalue weighted by atomic mass is 9.95. The van der Waals surface area contributed by atoms with Crippen LogP contribution >= 0.6 is 0 Å². The van der Waals surface area contributed by atoms with E-state index in [1.165, 1.54) is 6.07 Å². The molecular weight excluding hydrogens is 370 g/mol. The molecule has 0 aliphatic carbocycles. The first-order valence-electron chi connectivity index (χ1n) is 9.30. The summed E-state index contributed by atoms with van der Waals surface area (Å²) in [6.45, 7) is 7.15. The molecule has 0 fully saturated rings. The summed E-state index contributed by atoms with van der Waals surface area (Å²) in [5.74, 6) is 0.131. The van der Waals surface area contributed by atoms with E-state index in [0.717, 1.165) is 5.39 Å². The molecule has 0 bridgehead atoms. The number of nitrogens with one attached hydrogen (secondary N) is 1. The molecule has 1 aromatic heterocycles. The van der Waals surface area contributed by atoms with Crippen LogP contribution in [-0.2, 0) is 4.79 Å². The van der Waals surface area contributed by atoms with Crippen molar-refractivity contribution in [3.8, 4) is 5.75 Å². The molecule has 3 aromatic rings. The molecule has 1 N–H and O–H groups in total. The fourth-order valence-corrected chi connectivity index (χ4v) is 2.64. The van der Waals surface area contributed by atoms with Gasteiger partial charge >= 0.3 is 5.63 Å². The van der Waals surface area contributed by atoms with Crippen molar-refractivity contribution in [3.63, 3.8) is 0 Å². The molecule has 0 saturated heterocycles. The predicted octanol–water partition coefficient (Wildman–Crippen LogP) is 4.43. The van der Waals surface area contributed by atoms with Gasteiger partial charge in [0.2, 0.25) is 11.7 Å². The summed E-state index contributed by atoms with van der Waals surface area (Å²) in [6, 6.07) is 14.8. The normalized spacial score (nSPS) is 12.4. The molecule has 2 aromatic carbocycles. The van der Waals surface area contributed by atoms with Gasteiger partial charge in [-0.1, -0.05) is 20.8 Å². The van der Waals surface area contributed by atoms with Crippen molar-refractivity contribution in [1.82, 2.24) is 0 Å². The number of carbonyl (C=O) groups excluding carboxylic acids is 2. The Hall–Kier alpha value is -3.41. The third-order valence-electron chi connectivity index (χ3n) is 4.39. The van der Waals surface area contributed by atoms with Crippen LogP contribution in [0.1, 0.15) is 38.1 Å². The number of fused-ring (bicyclic) bond motifs is 1. The van der Waals surface area contributed by atoms with Crippen molar-refractivity contribution in [3.05, 3.63) is 70.6 Å². The largest absolute Gasteiger partial charge is 0.482 e. The van der Waals surface area contributed by atoms with E-state index < -0.39 is 17.1 Å². The van der Waals surface area contributed by atoms with Gasteiger partial charge in [0.15, 0.2) is 6.10 Å². The molecule has 1 unspecified atom stereocenters. The third-order valence-corrected chi connectivity index (χ3v) is 4.39. The number of Topliss-reactive ketones (excluding diaryl/α,β-unsaturated/α-hetero) is 1. The predicted molar refractivity (Wildman–Crippen MR) is 111 cm³/mol. The van der Waals surface area contributed by atoms with Crippen LogP contribution < -0.4 is 15.7 Å². The maximum absolute atomic E-state index is 12.7. The van der Waals surface area contributed by atoms with E-state index >= 15 is 0 Å². The van der Waals surface area contributed by atoms with Crippen molar-refractivity contribution in [2.45, 2.75) is 33.8 Å². The minimum Gasteiger partial charge on any atom is -0.482 e. The van der Waals surface area contributed by atoms with E-state index in [1.54, 1.807) is 55.5 Å². The van der Waals surface area contributed by atoms with Crippen LogP contribution in [0.4, 0.5) is 5.69 Å². The highest BCUT2D eigenvalue weighted by Crippen LogP contribution is 2.22. The van der Waals surface area contributed by atoms with Gasteiger partial charge in [0.1, 0.15) is 11.3 Å². The monoisotopic (exact) mass is 393 g/mol. The van der Waals surface area contributed by atoms with Gasteiger partial charge in [-0.2, -0.15) is 0 Å². The molecule has 3 rings (SSSR count). The minimum atomic E-state index is -0.738. The fraction of sp³-hybridized carbons (Fsp3) is 0.261. The van der Waals surface area contributed by atoms with Crippen LogP contribution in [0.15, 0.2) is 63.8 Å². The first-order valence-corrected chi connectivity index (χ1v) is 9.30. The lowest BCUT2D eigenvalue weighted by Gasteiger charge is -2.18. The summed E-state index contributed by atoms with van der Waals surface area (Å²) in [7, 11) is 0. The number of ketones is 1. The molecular formula is C23H23NO5. The highest BCUT2D eigenvalue weighted by atomic mass is 16.5. The van der Waals surface area contributed by atoms with Crippen LogP contribution in [0.5, 0.6) is 5.75 Å². The van der Waals surface area contributed by atoms with Gasteiger partial charge in [0.25, 0.3) is 0 Å². The Morgan fingerprint density at radius 2 is 1.66 bits per heavy atom. The van der Waals surface area contributed by atoms with Crippen LogP contribution in [0.3, 0.4) is 0 Å². The summed E-state index contributed by atoms with van der Waals surface area (Å²) in [6.07, 6.45) is -0.738. The van der Waals surface area contributed by atoms with Crippen LogP contribution in [0.2, 0.25) is 0 Å². The molecule has 1 atom stereocenters. The Morgan fingerprint density at radius 1 is 1.00 bits per heavy atom. The first-order chi connectivity index (χ1) is 13.6. The molecule has 6 heteroatoms. The minimum absolute atomic E-state index is 0.101. The van der Waals surface area contributed by atoms with E-state index in [2.05, 4.69) is 5.32 Å². The molecule has 150 valence electrons. The molecule has 0 aliphatic rings. The van der Waals surface area contributed by atoms with Gasteiger partial charge in [-0.05, 0) is 49.4 Å². The van der Waals surface area contributed by atoms with Crippen molar-refractivity contribution in [1.29, 1.82) is 0 Å². The van der Waals surface area contributed by atoms with Crippen LogP contribution in [0.25, 0.3) is 11.0 Å².